The van der Waals surface area contributed by atoms with Crippen LogP contribution in [-0.4, -0.2) is 23.3 Å². The van der Waals surface area contributed by atoms with E-state index in [1.807, 2.05) is 12.1 Å². The van der Waals surface area contributed by atoms with Crippen molar-refractivity contribution in [3.05, 3.63) is 66.7 Å². The summed E-state index contributed by atoms with van der Waals surface area (Å²) in [7, 11) is 0. The number of unbranched alkanes of at least 4 members (excludes halogenated alkanes) is 2. The highest BCUT2D eigenvalue weighted by molar-refractivity contribution is 5.88. The van der Waals surface area contributed by atoms with Crippen LogP contribution in [0, 0.1) is 0 Å². The van der Waals surface area contributed by atoms with Gasteiger partial charge in [0.05, 0.1) is 5.56 Å². The maximum absolute atomic E-state index is 11.5. The van der Waals surface area contributed by atoms with E-state index in [1.54, 1.807) is 36.4 Å². The van der Waals surface area contributed by atoms with Gasteiger partial charge in [0.1, 0.15) is 5.75 Å². The Morgan fingerprint density at radius 2 is 1.63 bits per heavy atom. The second-order valence-electron chi connectivity index (χ2n) is 6.09. The Hall–Kier alpha value is -3.08. The molecule has 0 radical (unpaired) electrons. The highest BCUT2D eigenvalue weighted by atomic mass is 16.7. The number of benzene rings is 2. The van der Waals surface area contributed by atoms with Crippen LogP contribution in [0.4, 0.5) is 0 Å². The van der Waals surface area contributed by atoms with Crippen LogP contribution < -0.4 is 4.74 Å². The van der Waals surface area contributed by atoms with Crippen LogP contribution >= 0.6 is 0 Å². The van der Waals surface area contributed by atoms with Gasteiger partial charge in [-0.25, -0.2) is 9.59 Å². The van der Waals surface area contributed by atoms with Gasteiger partial charge in [0.15, 0.2) is 0 Å². The third-order valence-electron chi connectivity index (χ3n) is 4.04. The average Bonchev–Trinajstić information content (AvgIpc) is 2.68. The number of rotatable bonds is 10. The van der Waals surface area contributed by atoms with Crippen molar-refractivity contribution in [2.45, 2.75) is 38.9 Å². The SMILES string of the molecule is C=CC(=O)OC(CCCCC)Oc1ccc(-c2ccc(C(=O)O)cc2)cc1. The van der Waals surface area contributed by atoms with Crippen LogP contribution in [0.1, 0.15) is 43.0 Å². The van der Waals surface area contributed by atoms with Crippen LogP contribution in [-0.2, 0) is 9.53 Å². The Morgan fingerprint density at radius 1 is 1.04 bits per heavy atom. The summed E-state index contributed by atoms with van der Waals surface area (Å²) in [6.07, 6.45) is 4.10. The molecule has 0 aliphatic carbocycles. The number of carboxylic acids is 1. The van der Waals surface area contributed by atoms with Crippen molar-refractivity contribution in [3.63, 3.8) is 0 Å². The Morgan fingerprint density at radius 3 is 2.15 bits per heavy atom. The van der Waals surface area contributed by atoms with Gasteiger partial charge in [-0.15, -0.1) is 0 Å². The highest BCUT2D eigenvalue weighted by Crippen LogP contribution is 2.24. The lowest BCUT2D eigenvalue weighted by Gasteiger charge is -2.19. The molecule has 0 heterocycles. The molecule has 0 saturated heterocycles. The van der Waals surface area contributed by atoms with Crippen molar-refractivity contribution < 1.29 is 24.2 Å². The first-order valence-electron chi connectivity index (χ1n) is 8.97. The molecule has 142 valence electrons. The van der Waals surface area contributed by atoms with E-state index in [9.17, 15) is 9.59 Å². The van der Waals surface area contributed by atoms with E-state index in [0.29, 0.717) is 12.2 Å². The van der Waals surface area contributed by atoms with Crippen LogP contribution in [0.5, 0.6) is 5.75 Å². The maximum atomic E-state index is 11.5. The first-order chi connectivity index (χ1) is 13.0. The molecule has 0 aliphatic heterocycles. The van der Waals surface area contributed by atoms with E-state index in [0.717, 1.165) is 36.5 Å². The van der Waals surface area contributed by atoms with Crippen LogP contribution in [0.15, 0.2) is 61.2 Å². The van der Waals surface area contributed by atoms with E-state index in [2.05, 4.69) is 13.5 Å². The van der Waals surface area contributed by atoms with Crippen LogP contribution in [0.2, 0.25) is 0 Å². The molecule has 0 saturated carbocycles. The molecule has 2 rings (SSSR count). The van der Waals surface area contributed by atoms with Gasteiger partial charge < -0.3 is 14.6 Å². The summed E-state index contributed by atoms with van der Waals surface area (Å²) < 4.78 is 11.1. The third-order valence-corrected chi connectivity index (χ3v) is 4.04. The zero-order valence-electron chi connectivity index (χ0n) is 15.4. The Balaban J connectivity index is 2.05. The molecule has 27 heavy (non-hydrogen) atoms. The largest absolute Gasteiger partial charge is 0.478 e. The highest BCUT2D eigenvalue weighted by Gasteiger charge is 2.14. The van der Waals surface area contributed by atoms with Gasteiger partial charge in [-0.3, -0.25) is 0 Å². The van der Waals surface area contributed by atoms with Gasteiger partial charge in [-0.1, -0.05) is 50.6 Å². The molecule has 5 nitrogen and oxygen atoms in total. The summed E-state index contributed by atoms with van der Waals surface area (Å²) in [5.41, 5.74) is 2.09. The van der Waals surface area contributed by atoms with Crippen molar-refractivity contribution in [2.24, 2.45) is 0 Å². The third kappa shape index (κ3) is 6.29. The monoisotopic (exact) mass is 368 g/mol. The maximum Gasteiger partial charge on any atom is 0.335 e. The summed E-state index contributed by atoms with van der Waals surface area (Å²) in [4.78, 5) is 22.4. The van der Waals surface area contributed by atoms with E-state index >= 15 is 0 Å². The summed E-state index contributed by atoms with van der Waals surface area (Å²) >= 11 is 0. The normalized spacial score (nSPS) is 11.4. The second-order valence-corrected chi connectivity index (χ2v) is 6.09. The Bertz CT molecular complexity index is 762. The quantitative estimate of drug-likeness (QED) is 0.274. The first kappa shape index (κ1) is 20.2. The van der Waals surface area contributed by atoms with Crippen molar-refractivity contribution in [1.29, 1.82) is 0 Å². The topological polar surface area (TPSA) is 72.8 Å². The van der Waals surface area contributed by atoms with Crippen molar-refractivity contribution in [1.82, 2.24) is 0 Å². The standard InChI is InChI=1S/C22H24O5/c1-3-5-6-7-21(27-20(23)4-2)26-19-14-12-17(13-15-19)16-8-10-18(11-9-16)22(24)25/h4,8-15,21H,2-3,5-7H2,1H3,(H,24,25). The number of ether oxygens (including phenoxy) is 2. The van der Waals surface area contributed by atoms with Crippen LogP contribution in [0.3, 0.4) is 0 Å². The summed E-state index contributed by atoms with van der Waals surface area (Å²) in [5.74, 6) is -0.862. The lowest BCUT2D eigenvalue weighted by atomic mass is 10.0. The fourth-order valence-corrected chi connectivity index (χ4v) is 2.56. The molecule has 0 aliphatic rings. The van der Waals surface area contributed by atoms with Gasteiger partial charge in [-0.2, -0.15) is 0 Å². The zero-order valence-corrected chi connectivity index (χ0v) is 15.4. The predicted octanol–water partition coefficient (Wildman–Crippen LogP) is 5.07. The molecule has 2 aromatic rings. The number of hydrogen-bond acceptors (Lipinski definition) is 4. The van der Waals surface area contributed by atoms with Gasteiger partial charge in [-0.05, 0) is 41.8 Å². The van der Waals surface area contributed by atoms with E-state index in [4.69, 9.17) is 14.6 Å². The fourth-order valence-electron chi connectivity index (χ4n) is 2.56. The Labute approximate surface area is 159 Å². The average molecular weight is 368 g/mol. The molecule has 0 bridgehead atoms. The minimum atomic E-state index is -0.950. The summed E-state index contributed by atoms with van der Waals surface area (Å²) in [6, 6.07) is 14.0. The van der Waals surface area contributed by atoms with Crippen molar-refractivity contribution >= 4 is 11.9 Å². The summed E-state index contributed by atoms with van der Waals surface area (Å²) in [5, 5.41) is 8.97. The van der Waals surface area contributed by atoms with Crippen molar-refractivity contribution in [3.8, 4) is 16.9 Å². The molecule has 5 heteroatoms. The van der Waals surface area contributed by atoms with Crippen molar-refractivity contribution in [2.75, 3.05) is 0 Å². The first-order valence-corrected chi connectivity index (χ1v) is 8.97. The fraction of sp³-hybridized carbons (Fsp3) is 0.273. The second kappa shape index (κ2) is 10.2. The van der Waals surface area contributed by atoms with Crippen LogP contribution in [0.25, 0.3) is 11.1 Å². The number of carbonyl (C=O) groups excluding carboxylic acids is 1. The molecule has 1 atom stereocenters. The minimum absolute atomic E-state index is 0.248. The molecular formula is C22H24O5. The number of carbonyl (C=O) groups is 2. The number of hydrogen-bond donors (Lipinski definition) is 1. The van der Waals surface area contributed by atoms with E-state index in [1.165, 1.54) is 0 Å². The Kier molecular flexibility index (Phi) is 7.62. The molecular weight excluding hydrogens is 344 g/mol. The lowest BCUT2D eigenvalue weighted by molar-refractivity contribution is -0.158. The molecule has 2 aromatic carbocycles. The number of carboxylic acid groups (broad SMARTS) is 1. The van der Waals surface area contributed by atoms with Gasteiger partial charge >= 0.3 is 11.9 Å². The summed E-state index contributed by atoms with van der Waals surface area (Å²) in [6.45, 7) is 5.52. The molecule has 0 spiro atoms. The van der Waals surface area contributed by atoms with E-state index in [-0.39, 0.29) is 5.56 Å². The molecule has 0 amide bonds. The minimum Gasteiger partial charge on any atom is -0.478 e. The zero-order chi connectivity index (χ0) is 19.6. The van der Waals surface area contributed by atoms with Gasteiger partial charge in [0.2, 0.25) is 6.29 Å². The number of esters is 1. The van der Waals surface area contributed by atoms with E-state index < -0.39 is 18.2 Å². The predicted molar refractivity (Wildman–Crippen MR) is 104 cm³/mol. The molecule has 0 fully saturated rings. The van der Waals surface area contributed by atoms with Gasteiger partial charge in [0, 0.05) is 12.5 Å². The molecule has 1 unspecified atom stereocenters. The molecule has 1 N–H and O–H groups in total. The smallest absolute Gasteiger partial charge is 0.335 e. The number of aromatic carboxylic acids is 1. The molecule has 0 aromatic heterocycles. The lowest BCUT2D eigenvalue weighted by Crippen LogP contribution is -2.23. The van der Waals surface area contributed by atoms with Gasteiger partial charge in [0.25, 0.3) is 0 Å².